The zero-order chi connectivity index (χ0) is 29.3. The van der Waals surface area contributed by atoms with Crippen molar-refractivity contribution in [1.29, 1.82) is 0 Å². The van der Waals surface area contributed by atoms with E-state index in [1.807, 2.05) is 66.7 Å². The average Bonchev–Trinajstić information content (AvgIpc) is 3.68. The third-order valence-electron chi connectivity index (χ3n) is 8.73. The molecule has 42 heavy (non-hydrogen) atoms. The van der Waals surface area contributed by atoms with Crippen molar-refractivity contribution in [2.75, 3.05) is 26.3 Å². The second-order valence-electron chi connectivity index (χ2n) is 11.2. The number of carbonyl (C=O) groups excluding carboxylic acids is 2. The molecule has 2 amide bonds. The monoisotopic (exact) mass is 570 g/mol. The summed E-state index contributed by atoms with van der Waals surface area (Å²) in [5.41, 5.74) is 3.91. The maximum atomic E-state index is 13.8. The first-order chi connectivity index (χ1) is 20.4. The first kappa shape index (κ1) is 27.9. The zero-order valence-electron chi connectivity index (χ0n) is 23.4. The van der Waals surface area contributed by atoms with E-state index in [1.165, 1.54) is 4.90 Å². The molecule has 4 atom stereocenters. The Balaban J connectivity index is 1.17. The van der Waals surface area contributed by atoms with E-state index in [0.717, 1.165) is 27.8 Å². The maximum absolute atomic E-state index is 13.8. The Labute approximate surface area is 244 Å². The molecule has 2 heterocycles. The van der Waals surface area contributed by atoms with Crippen molar-refractivity contribution in [1.82, 2.24) is 10.2 Å². The smallest absolute Gasteiger partial charge is 0.407 e. The standard InChI is InChI=1S/C33H34N2O7/c1-21(40-18-22-9-3-2-4-10-22)29(30(36)35-17-23-15-16-42-33(23,20-35)31(37)38)34-32(39)41-19-28-26-13-7-5-11-24(26)25-12-6-8-14-27(25)28/h2-14,21,23,28-29H,15-20H2,1H3,(H,34,39)(H,37,38)/t21-,23?,29+,33?/m0/s1. The van der Waals surface area contributed by atoms with Crippen molar-refractivity contribution in [2.45, 2.75) is 43.6 Å². The number of fused-ring (bicyclic) bond motifs is 4. The lowest BCUT2D eigenvalue weighted by Crippen LogP contribution is -2.55. The molecule has 2 aliphatic heterocycles. The van der Waals surface area contributed by atoms with Gasteiger partial charge in [0.05, 0.1) is 19.3 Å². The van der Waals surface area contributed by atoms with Crippen molar-refractivity contribution in [3.05, 3.63) is 95.6 Å². The number of alkyl carbamates (subject to hydrolysis) is 1. The third kappa shape index (κ3) is 5.14. The van der Waals surface area contributed by atoms with Crippen LogP contribution in [-0.4, -0.2) is 72.0 Å². The van der Waals surface area contributed by atoms with Crippen LogP contribution in [0, 0.1) is 5.92 Å². The highest BCUT2D eigenvalue weighted by atomic mass is 16.6. The van der Waals surface area contributed by atoms with E-state index in [0.29, 0.717) is 13.0 Å². The molecule has 1 aliphatic carbocycles. The Morgan fingerprint density at radius 2 is 1.64 bits per heavy atom. The van der Waals surface area contributed by atoms with Crippen molar-refractivity contribution in [3.8, 4) is 11.1 Å². The van der Waals surface area contributed by atoms with Crippen LogP contribution >= 0.6 is 0 Å². The molecule has 9 nitrogen and oxygen atoms in total. The Bertz CT molecular complexity index is 1430. The van der Waals surface area contributed by atoms with Gasteiger partial charge in [0.15, 0.2) is 5.60 Å². The lowest BCUT2D eigenvalue weighted by molar-refractivity contribution is -0.161. The summed E-state index contributed by atoms with van der Waals surface area (Å²) in [5.74, 6) is -1.94. The number of aliphatic carboxylic acids is 1. The molecule has 3 aliphatic rings. The number of carboxylic acid groups (broad SMARTS) is 1. The van der Waals surface area contributed by atoms with Gasteiger partial charge in [-0.25, -0.2) is 9.59 Å². The number of carboxylic acids is 1. The van der Waals surface area contributed by atoms with E-state index < -0.39 is 35.7 Å². The molecule has 3 aromatic rings. The molecule has 3 aromatic carbocycles. The van der Waals surface area contributed by atoms with E-state index >= 15 is 0 Å². The van der Waals surface area contributed by atoms with Crippen LogP contribution in [0.2, 0.25) is 0 Å². The number of hydrogen-bond donors (Lipinski definition) is 2. The van der Waals surface area contributed by atoms with E-state index in [1.54, 1.807) is 6.92 Å². The summed E-state index contributed by atoms with van der Waals surface area (Å²) < 4.78 is 17.4. The van der Waals surface area contributed by atoms with Gasteiger partial charge in [-0.3, -0.25) is 4.79 Å². The summed E-state index contributed by atoms with van der Waals surface area (Å²) in [4.78, 5) is 40.7. The normalized spacial score (nSPS) is 22.1. The number of amides is 2. The van der Waals surface area contributed by atoms with E-state index in [-0.39, 0.29) is 38.1 Å². The second-order valence-corrected chi connectivity index (χ2v) is 11.2. The molecule has 2 fully saturated rings. The van der Waals surface area contributed by atoms with Crippen LogP contribution in [0.1, 0.15) is 36.0 Å². The lowest BCUT2D eigenvalue weighted by Gasteiger charge is -2.29. The average molecular weight is 571 g/mol. The summed E-state index contributed by atoms with van der Waals surface area (Å²) in [6.45, 7) is 2.55. The zero-order valence-corrected chi connectivity index (χ0v) is 23.4. The molecule has 0 aromatic heterocycles. The van der Waals surface area contributed by atoms with Crippen molar-refractivity contribution >= 4 is 18.0 Å². The molecule has 6 rings (SSSR count). The van der Waals surface area contributed by atoms with E-state index in [9.17, 15) is 19.5 Å². The number of rotatable bonds is 9. The minimum Gasteiger partial charge on any atom is -0.479 e. The fourth-order valence-electron chi connectivity index (χ4n) is 6.48. The van der Waals surface area contributed by atoms with Gasteiger partial charge in [0, 0.05) is 25.0 Å². The summed E-state index contributed by atoms with van der Waals surface area (Å²) in [6.07, 6.45) is -0.907. The van der Waals surface area contributed by atoms with Gasteiger partial charge in [0.1, 0.15) is 12.6 Å². The summed E-state index contributed by atoms with van der Waals surface area (Å²) in [6, 6.07) is 24.6. The van der Waals surface area contributed by atoms with Gasteiger partial charge in [-0.2, -0.15) is 0 Å². The Hall–Kier alpha value is -4.21. The predicted molar refractivity (Wildman–Crippen MR) is 154 cm³/mol. The highest BCUT2D eigenvalue weighted by Gasteiger charge is 2.58. The highest BCUT2D eigenvalue weighted by Crippen LogP contribution is 2.44. The lowest BCUT2D eigenvalue weighted by atomic mass is 9.91. The molecule has 0 radical (unpaired) electrons. The number of nitrogens with zero attached hydrogens (tertiary/aromatic N) is 1. The second kappa shape index (κ2) is 11.6. The largest absolute Gasteiger partial charge is 0.479 e. The molecule has 218 valence electrons. The summed E-state index contributed by atoms with van der Waals surface area (Å²) >= 11 is 0. The van der Waals surface area contributed by atoms with Gasteiger partial charge >= 0.3 is 12.1 Å². The summed E-state index contributed by atoms with van der Waals surface area (Å²) in [5, 5.41) is 12.7. The number of hydrogen-bond acceptors (Lipinski definition) is 6. The van der Waals surface area contributed by atoms with Crippen LogP contribution in [0.25, 0.3) is 11.1 Å². The van der Waals surface area contributed by atoms with Crippen LogP contribution < -0.4 is 5.32 Å². The number of ether oxygens (including phenoxy) is 3. The van der Waals surface area contributed by atoms with Gasteiger partial charge in [-0.1, -0.05) is 78.9 Å². The van der Waals surface area contributed by atoms with Crippen molar-refractivity contribution < 1.29 is 33.7 Å². The predicted octanol–water partition coefficient (Wildman–Crippen LogP) is 4.20. The van der Waals surface area contributed by atoms with E-state index in [4.69, 9.17) is 14.2 Å². The maximum Gasteiger partial charge on any atom is 0.407 e. The number of carbonyl (C=O) groups is 3. The van der Waals surface area contributed by atoms with Crippen LogP contribution in [0.3, 0.4) is 0 Å². The van der Waals surface area contributed by atoms with Gasteiger partial charge in [-0.15, -0.1) is 0 Å². The quantitative estimate of drug-likeness (QED) is 0.396. The van der Waals surface area contributed by atoms with Crippen LogP contribution in [-0.2, 0) is 30.4 Å². The molecule has 9 heteroatoms. The van der Waals surface area contributed by atoms with Gasteiger partial charge in [0.2, 0.25) is 5.91 Å². The van der Waals surface area contributed by atoms with Crippen LogP contribution in [0.4, 0.5) is 4.79 Å². The summed E-state index contributed by atoms with van der Waals surface area (Å²) in [7, 11) is 0. The Morgan fingerprint density at radius 3 is 2.29 bits per heavy atom. The van der Waals surface area contributed by atoms with Crippen molar-refractivity contribution in [2.24, 2.45) is 5.92 Å². The SMILES string of the molecule is C[C@H](OCc1ccccc1)[C@@H](NC(=O)OCC1c2ccccc2-c2ccccc21)C(=O)N1CC2CCOC2(C(=O)O)C1. The van der Waals surface area contributed by atoms with E-state index in [2.05, 4.69) is 17.4 Å². The van der Waals surface area contributed by atoms with Crippen LogP contribution in [0.15, 0.2) is 78.9 Å². The highest BCUT2D eigenvalue weighted by molar-refractivity contribution is 5.89. The number of likely N-dealkylation sites (tertiary alicyclic amines) is 1. The molecular weight excluding hydrogens is 536 g/mol. The van der Waals surface area contributed by atoms with Crippen molar-refractivity contribution in [3.63, 3.8) is 0 Å². The van der Waals surface area contributed by atoms with Gasteiger partial charge in [-0.05, 0) is 41.2 Å². The minimum absolute atomic E-state index is 0.0832. The molecule has 0 bridgehead atoms. The molecule has 0 saturated carbocycles. The minimum atomic E-state index is -1.42. The number of nitrogens with one attached hydrogen (secondary N) is 1. The molecule has 2 unspecified atom stereocenters. The van der Waals surface area contributed by atoms with Gasteiger partial charge in [0.25, 0.3) is 0 Å². The molecule has 2 saturated heterocycles. The fourth-order valence-corrected chi connectivity index (χ4v) is 6.48. The molecular formula is C33H34N2O7. The van der Waals surface area contributed by atoms with Crippen LogP contribution in [0.5, 0.6) is 0 Å². The molecule has 0 spiro atoms. The molecule has 2 N–H and O–H groups in total. The first-order valence-electron chi connectivity index (χ1n) is 14.3. The number of benzene rings is 3. The third-order valence-corrected chi connectivity index (χ3v) is 8.73. The topological polar surface area (TPSA) is 114 Å². The Kier molecular flexibility index (Phi) is 7.70. The van der Waals surface area contributed by atoms with Gasteiger partial charge < -0.3 is 29.5 Å². The Morgan fingerprint density at radius 1 is 1.00 bits per heavy atom. The fraction of sp³-hybridized carbons (Fsp3) is 0.364. The first-order valence-corrected chi connectivity index (χ1v) is 14.3.